The highest BCUT2D eigenvalue weighted by molar-refractivity contribution is 7.80. The number of H-pyrrole nitrogens is 1. The highest BCUT2D eigenvalue weighted by Crippen LogP contribution is 2.19. The SMILES string of the molecule is Cc1n[nH]c(C)c1NC(=S)NC(=O)c1cc2ccccc2o1. The van der Waals surface area contributed by atoms with E-state index in [1.807, 2.05) is 32.0 Å². The molecule has 0 bridgehead atoms. The number of aromatic amines is 1. The van der Waals surface area contributed by atoms with E-state index in [0.29, 0.717) is 5.58 Å². The maximum atomic E-state index is 12.2. The molecule has 0 fully saturated rings. The number of hydrogen-bond acceptors (Lipinski definition) is 4. The number of benzene rings is 1. The van der Waals surface area contributed by atoms with Crippen molar-refractivity contribution in [3.63, 3.8) is 0 Å². The molecule has 0 unspecified atom stereocenters. The van der Waals surface area contributed by atoms with Crippen molar-refractivity contribution in [2.75, 3.05) is 5.32 Å². The predicted molar refractivity (Wildman–Crippen MR) is 88.0 cm³/mol. The lowest BCUT2D eigenvalue weighted by atomic mass is 10.2. The van der Waals surface area contributed by atoms with Gasteiger partial charge in [-0.3, -0.25) is 15.2 Å². The number of furan rings is 1. The van der Waals surface area contributed by atoms with E-state index in [4.69, 9.17) is 16.6 Å². The Bertz CT molecular complexity index is 813. The zero-order valence-corrected chi connectivity index (χ0v) is 12.9. The van der Waals surface area contributed by atoms with Crippen LogP contribution in [0, 0.1) is 13.8 Å². The first kappa shape index (κ1) is 14.3. The minimum absolute atomic E-state index is 0.193. The number of para-hydroxylation sites is 1. The number of carbonyl (C=O) groups is 1. The summed E-state index contributed by atoms with van der Waals surface area (Å²) in [5.41, 5.74) is 3.04. The fourth-order valence-corrected chi connectivity index (χ4v) is 2.33. The average molecular weight is 314 g/mol. The van der Waals surface area contributed by atoms with Gasteiger partial charge in [0, 0.05) is 5.39 Å². The molecule has 0 saturated heterocycles. The van der Waals surface area contributed by atoms with Crippen LogP contribution in [-0.4, -0.2) is 21.2 Å². The summed E-state index contributed by atoms with van der Waals surface area (Å²) in [5.74, 6) is -0.182. The third kappa shape index (κ3) is 2.71. The summed E-state index contributed by atoms with van der Waals surface area (Å²) in [6, 6.07) is 9.10. The van der Waals surface area contributed by atoms with Crippen LogP contribution in [0.4, 0.5) is 5.69 Å². The molecule has 0 aliphatic carbocycles. The van der Waals surface area contributed by atoms with Crippen LogP contribution in [0.1, 0.15) is 21.9 Å². The average Bonchev–Trinajstić information content (AvgIpc) is 3.05. The number of anilines is 1. The second-order valence-corrected chi connectivity index (χ2v) is 5.27. The lowest BCUT2D eigenvalue weighted by Crippen LogP contribution is -2.34. The summed E-state index contributed by atoms with van der Waals surface area (Å²) in [7, 11) is 0. The van der Waals surface area contributed by atoms with Crippen molar-refractivity contribution >= 4 is 39.9 Å². The molecule has 1 amide bonds. The highest BCUT2D eigenvalue weighted by Gasteiger charge is 2.15. The molecule has 0 aliphatic rings. The molecule has 0 spiro atoms. The van der Waals surface area contributed by atoms with E-state index < -0.39 is 5.91 Å². The van der Waals surface area contributed by atoms with Crippen molar-refractivity contribution in [2.45, 2.75) is 13.8 Å². The largest absolute Gasteiger partial charge is 0.451 e. The van der Waals surface area contributed by atoms with E-state index in [1.165, 1.54) is 0 Å². The van der Waals surface area contributed by atoms with Gasteiger partial charge in [-0.15, -0.1) is 0 Å². The molecular weight excluding hydrogens is 300 g/mol. The molecule has 0 aliphatic heterocycles. The minimum atomic E-state index is -0.396. The zero-order valence-electron chi connectivity index (χ0n) is 12.1. The molecule has 3 N–H and O–H groups in total. The molecule has 6 nitrogen and oxygen atoms in total. The molecule has 7 heteroatoms. The van der Waals surface area contributed by atoms with Gasteiger partial charge in [-0.05, 0) is 38.2 Å². The van der Waals surface area contributed by atoms with E-state index in [0.717, 1.165) is 22.5 Å². The minimum Gasteiger partial charge on any atom is -0.451 e. The Hall–Kier alpha value is -2.67. The number of aromatic nitrogens is 2. The zero-order chi connectivity index (χ0) is 15.7. The van der Waals surface area contributed by atoms with Crippen LogP contribution < -0.4 is 10.6 Å². The number of amides is 1. The maximum Gasteiger partial charge on any atom is 0.293 e. The Morgan fingerprint density at radius 2 is 2.09 bits per heavy atom. The Morgan fingerprint density at radius 3 is 2.77 bits per heavy atom. The molecule has 3 aromatic rings. The van der Waals surface area contributed by atoms with Crippen molar-refractivity contribution in [1.82, 2.24) is 15.5 Å². The third-order valence-corrected chi connectivity index (χ3v) is 3.45. The number of hydrogen-bond donors (Lipinski definition) is 3. The highest BCUT2D eigenvalue weighted by atomic mass is 32.1. The Labute approximate surface area is 131 Å². The number of rotatable bonds is 2. The van der Waals surface area contributed by atoms with Gasteiger partial charge in [0.1, 0.15) is 5.58 Å². The lowest BCUT2D eigenvalue weighted by molar-refractivity contribution is 0.0953. The Morgan fingerprint density at radius 1 is 1.32 bits per heavy atom. The summed E-state index contributed by atoms with van der Waals surface area (Å²) in [6.07, 6.45) is 0. The smallest absolute Gasteiger partial charge is 0.293 e. The number of thiocarbonyl (C=S) groups is 1. The Balaban J connectivity index is 1.72. The van der Waals surface area contributed by atoms with Crippen LogP contribution in [0.2, 0.25) is 0 Å². The van der Waals surface area contributed by atoms with Crippen molar-refractivity contribution in [1.29, 1.82) is 0 Å². The van der Waals surface area contributed by atoms with E-state index in [2.05, 4.69) is 20.8 Å². The van der Waals surface area contributed by atoms with Gasteiger partial charge >= 0.3 is 0 Å². The van der Waals surface area contributed by atoms with Crippen LogP contribution in [0.25, 0.3) is 11.0 Å². The lowest BCUT2D eigenvalue weighted by Gasteiger charge is -2.08. The summed E-state index contributed by atoms with van der Waals surface area (Å²) < 4.78 is 5.50. The molecule has 0 atom stereocenters. The fraction of sp³-hybridized carbons (Fsp3) is 0.133. The summed E-state index contributed by atoms with van der Waals surface area (Å²) >= 11 is 5.15. The van der Waals surface area contributed by atoms with Gasteiger partial charge in [0.05, 0.1) is 17.1 Å². The van der Waals surface area contributed by atoms with Crippen LogP contribution in [-0.2, 0) is 0 Å². The summed E-state index contributed by atoms with van der Waals surface area (Å²) in [4.78, 5) is 12.2. The molecule has 112 valence electrons. The molecule has 3 rings (SSSR count). The van der Waals surface area contributed by atoms with Crippen LogP contribution in [0.5, 0.6) is 0 Å². The number of nitrogens with one attached hydrogen (secondary N) is 3. The molecule has 0 saturated carbocycles. The van der Waals surface area contributed by atoms with Crippen molar-refractivity contribution < 1.29 is 9.21 Å². The molecule has 22 heavy (non-hydrogen) atoms. The number of nitrogens with zero attached hydrogens (tertiary/aromatic N) is 1. The van der Waals surface area contributed by atoms with Gasteiger partial charge < -0.3 is 9.73 Å². The first-order valence-corrected chi connectivity index (χ1v) is 7.08. The second kappa shape index (κ2) is 5.61. The van der Waals surface area contributed by atoms with Gasteiger partial charge in [0.2, 0.25) is 0 Å². The number of carbonyl (C=O) groups excluding carboxylic acids is 1. The topological polar surface area (TPSA) is 83.0 Å². The van der Waals surface area contributed by atoms with Crippen molar-refractivity contribution in [3.8, 4) is 0 Å². The summed E-state index contributed by atoms with van der Waals surface area (Å²) in [5, 5.41) is 13.5. The molecular formula is C15H14N4O2S. The van der Waals surface area contributed by atoms with Gasteiger partial charge in [-0.1, -0.05) is 18.2 Å². The number of fused-ring (bicyclic) bond motifs is 1. The van der Waals surface area contributed by atoms with Gasteiger partial charge in [0.15, 0.2) is 10.9 Å². The van der Waals surface area contributed by atoms with Gasteiger partial charge in [-0.25, -0.2) is 0 Å². The third-order valence-electron chi connectivity index (χ3n) is 3.24. The summed E-state index contributed by atoms with van der Waals surface area (Å²) in [6.45, 7) is 3.71. The molecule has 0 radical (unpaired) electrons. The standard InChI is InChI=1S/C15H14N4O2S/c1-8-13(9(2)19-18-8)16-15(22)17-14(20)12-7-10-5-3-4-6-11(10)21-12/h3-7H,1-2H3,(H,18,19)(H2,16,17,20,22). The fourth-order valence-electron chi connectivity index (χ4n) is 2.14. The van der Waals surface area contributed by atoms with Crippen LogP contribution in [0.3, 0.4) is 0 Å². The predicted octanol–water partition coefficient (Wildman–Crippen LogP) is 2.90. The monoisotopic (exact) mass is 314 g/mol. The molecule has 1 aromatic carbocycles. The van der Waals surface area contributed by atoms with E-state index >= 15 is 0 Å². The normalized spacial score (nSPS) is 10.6. The van der Waals surface area contributed by atoms with E-state index in [-0.39, 0.29) is 10.9 Å². The van der Waals surface area contributed by atoms with E-state index in [9.17, 15) is 4.79 Å². The van der Waals surface area contributed by atoms with Crippen LogP contribution >= 0.6 is 12.2 Å². The molecule has 2 aromatic heterocycles. The first-order valence-electron chi connectivity index (χ1n) is 6.67. The van der Waals surface area contributed by atoms with Crippen LogP contribution in [0.15, 0.2) is 34.7 Å². The van der Waals surface area contributed by atoms with Gasteiger partial charge in [-0.2, -0.15) is 5.10 Å². The molecule has 2 heterocycles. The van der Waals surface area contributed by atoms with E-state index in [1.54, 1.807) is 12.1 Å². The maximum absolute atomic E-state index is 12.2. The quantitative estimate of drug-likeness (QED) is 0.634. The first-order chi connectivity index (χ1) is 10.5. The van der Waals surface area contributed by atoms with Crippen molar-refractivity contribution in [3.05, 3.63) is 47.5 Å². The van der Waals surface area contributed by atoms with Crippen molar-refractivity contribution in [2.24, 2.45) is 0 Å². The number of aryl methyl sites for hydroxylation is 2. The Kier molecular flexibility index (Phi) is 3.64. The second-order valence-electron chi connectivity index (χ2n) is 4.87. The van der Waals surface area contributed by atoms with Gasteiger partial charge in [0.25, 0.3) is 5.91 Å².